The fourth-order valence-corrected chi connectivity index (χ4v) is 5.44. The number of anilines is 1. The van der Waals surface area contributed by atoms with Crippen LogP contribution in [-0.4, -0.2) is 59.3 Å². The van der Waals surface area contributed by atoms with E-state index in [0.29, 0.717) is 13.1 Å². The van der Waals surface area contributed by atoms with Gasteiger partial charge in [-0.2, -0.15) is 0 Å². The van der Waals surface area contributed by atoms with Gasteiger partial charge in [-0.05, 0) is 48.2 Å². The van der Waals surface area contributed by atoms with Gasteiger partial charge in [0, 0.05) is 37.2 Å². The highest BCUT2D eigenvalue weighted by Crippen LogP contribution is 2.42. The van der Waals surface area contributed by atoms with Crippen molar-refractivity contribution in [3.8, 4) is 11.1 Å². The van der Waals surface area contributed by atoms with E-state index in [1.165, 1.54) is 0 Å². The number of nitrogens with zero attached hydrogens (tertiary/aromatic N) is 2. The van der Waals surface area contributed by atoms with Gasteiger partial charge >= 0.3 is 6.03 Å². The molecule has 0 aromatic heterocycles. The molecular weight excluding hydrogens is 448 g/mol. The van der Waals surface area contributed by atoms with Crippen LogP contribution in [-0.2, 0) is 0 Å². The number of amides is 2. The molecule has 2 aliphatic rings. The zero-order valence-electron chi connectivity index (χ0n) is 19.4. The third-order valence-corrected chi connectivity index (χ3v) is 7.23. The van der Waals surface area contributed by atoms with E-state index in [2.05, 4.69) is 46.6 Å². The van der Waals surface area contributed by atoms with Crippen LogP contribution in [0.2, 0.25) is 0 Å². The molecule has 35 heavy (non-hydrogen) atoms. The lowest BCUT2D eigenvalue weighted by atomic mass is 9.74. The van der Waals surface area contributed by atoms with Crippen LogP contribution in [0.25, 0.3) is 11.1 Å². The fourth-order valence-electron chi connectivity index (χ4n) is 5.44. The van der Waals surface area contributed by atoms with Crippen LogP contribution in [0.1, 0.15) is 24.3 Å². The van der Waals surface area contributed by atoms with E-state index >= 15 is 0 Å². The quantitative estimate of drug-likeness (QED) is 0.551. The van der Waals surface area contributed by atoms with Crippen LogP contribution >= 0.6 is 0 Å². The third kappa shape index (κ3) is 4.79. The minimum absolute atomic E-state index is 0.00810. The van der Waals surface area contributed by atoms with Crippen LogP contribution in [0, 0.1) is 11.6 Å². The Morgan fingerprint density at radius 2 is 1.66 bits per heavy atom. The summed E-state index contributed by atoms with van der Waals surface area (Å²) in [4.78, 5) is 17.0. The van der Waals surface area contributed by atoms with Crippen molar-refractivity contribution in [3.63, 3.8) is 0 Å². The Kier molecular flexibility index (Phi) is 6.79. The van der Waals surface area contributed by atoms with Gasteiger partial charge in [-0.1, -0.05) is 54.6 Å². The van der Waals surface area contributed by atoms with Crippen molar-refractivity contribution < 1.29 is 18.7 Å². The van der Waals surface area contributed by atoms with Gasteiger partial charge < -0.3 is 15.3 Å². The fraction of sp³-hybridized carbons (Fsp3) is 0.321. The predicted molar refractivity (Wildman–Crippen MR) is 132 cm³/mol. The number of urea groups is 1. The Labute approximate surface area is 204 Å². The summed E-state index contributed by atoms with van der Waals surface area (Å²) >= 11 is 0. The average Bonchev–Trinajstić information content (AvgIpc) is 2.86. The van der Waals surface area contributed by atoms with Crippen LogP contribution in [0.3, 0.4) is 0 Å². The first kappa shape index (κ1) is 23.5. The molecule has 3 aromatic carbocycles. The molecule has 3 atom stereocenters. The number of carbonyl (C=O) groups excluding carboxylic acids is 1. The molecule has 2 heterocycles. The smallest absolute Gasteiger partial charge is 0.321 e. The SMILES string of the molecule is O=C(Nc1cc(F)ccc1F)N1CCCCN2[C@H](C1)[C@@H](c1ccc(-c3ccccc3)cc1)[C@@H]2CO. The molecule has 7 heteroatoms. The van der Waals surface area contributed by atoms with Crippen molar-refractivity contribution in [2.45, 2.75) is 30.8 Å². The maximum absolute atomic E-state index is 14.1. The second-order valence-electron chi connectivity index (χ2n) is 9.28. The molecule has 0 radical (unpaired) electrons. The molecule has 2 aliphatic heterocycles. The standard InChI is InChI=1S/C28H29F2N3O2/c29-22-12-13-23(30)24(16-22)31-28(35)32-14-4-5-15-33-25(17-32)27(26(33)18-34)21-10-8-20(9-11-21)19-6-2-1-3-7-19/h1-3,6-13,16,25-27,34H,4-5,14-15,17-18H2,(H,31,35)/t25-,26+,27-/m1/s1. The second-order valence-corrected chi connectivity index (χ2v) is 9.28. The second kappa shape index (κ2) is 10.1. The van der Waals surface area contributed by atoms with Gasteiger partial charge in [-0.25, -0.2) is 13.6 Å². The lowest BCUT2D eigenvalue weighted by molar-refractivity contribution is -0.0585. The Morgan fingerprint density at radius 1 is 0.943 bits per heavy atom. The first-order valence-electron chi connectivity index (χ1n) is 12.1. The van der Waals surface area contributed by atoms with E-state index in [-0.39, 0.29) is 30.3 Å². The van der Waals surface area contributed by atoms with Gasteiger partial charge in [0.1, 0.15) is 11.6 Å². The molecule has 2 N–H and O–H groups in total. The Balaban J connectivity index is 1.35. The molecule has 2 fully saturated rings. The number of nitrogens with one attached hydrogen (secondary N) is 1. The molecule has 0 saturated carbocycles. The average molecular weight is 478 g/mol. The molecule has 3 aromatic rings. The number of halogens is 2. The molecular formula is C28H29F2N3O2. The minimum atomic E-state index is -0.672. The molecule has 2 amide bonds. The summed E-state index contributed by atoms with van der Waals surface area (Å²) in [6.07, 6.45) is 1.70. The number of hydrogen-bond donors (Lipinski definition) is 2. The van der Waals surface area contributed by atoms with Gasteiger partial charge in [0.2, 0.25) is 0 Å². The number of benzene rings is 3. The summed E-state index contributed by atoms with van der Waals surface area (Å²) in [7, 11) is 0. The lowest BCUT2D eigenvalue weighted by Crippen LogP contribution is -2.68. The summed E-state index contributed by atoms with van der Waals surface area (Å²) in [5.41, 5.74) is 3.24. The lowest BCUT2D eigenvalue weighted by Gasteiger charge is -2.57. The van der Waals surface area contributed by atoms with Gasteiger partial charge in [-0.15, -0.1) is 0 Å². The first-order chi connectivity index (χ1) is 17.0. The van der Waals surface area contributed by atoms with Crippen LogP contribution in [0.4, 0.5) is 19.3 Å². The van der Waals surface area contributed by atoms with E-state index in [9.17, 15) is 18.7 Å². The Hall–Kier alpha value is -3.29. The zero-order valence-corrected chi connectivity index (χ0v) is 19.4. The van der Waals surface area contributed by atoms with Crippen molar-refractivity contribution in [3.05, 3.63) is 90.0 Å². The van der Waals surface area contributed by atoms with Crippen molar-refractivity contribution in [1.82, 2.24) is 9.80 Å². The van der Waals surface area contributed by atoms with E-state index in [1.807, 2.05) is 18.2 Å². The van der Waals surface area contributed by atoms with E-state index in [4.69, 9.17) is 0 Å². The Morgan fingerprint density at radius 3 is 2.40 bits per heavy atom. The Bertz CT molecular complexity index is 1170. The monoisotopic (exact) mass is 477 g/mol. The number of carbonyl (C=O) groups is 1. The van der Waals surface area contributed by atoms with E-state index < -0.39 is 17.7 Å². The molecule has 0 unspecified atom stereocenters. The maximum Gasteiger partial charge on any atom is 0.321 e. The summed E-state index contributed by atoms with van der Waals surface area (Å²) in [6.45, 7) is 1.89. The summed E-state index contributed by atoms with van der Waals surface area (Å²) in [5.74, 6) is -1.21. The molecule has 0 spiro atoms. The molecule has 182 valence electrons. The number of rotatable bonds is 4. The molecule has 5 rings (SSSR count). The van der Waals surface area contributed by atoms with Gasteiger partial charge in [0.05, 0.1) is 12.3 Å². The van der Waals surface area contributed by atoms with Gasteiger partial charge in [-0.3, -0.25) is 4.90 Å². The maximum atomic E-state index is 14.1. The molecule has 0 aliphatic carbocycles. The summed E-state index contributed by atoms with van der Waals surface area (Å²) < 4.78 is 27.7. The van der Waals surface area contributed by atoms with Crippen molar-refractivity contribution >= 4 is 11.7 Å². The number of hydrogen-bond acceptors (Lipinski definition) is 3. The number of fused-ring (bicyclic) bond motifs is 1. The molecule has 0 bridgehead atoms. The van der Waals surface area contributed by atoms with Crippen LogP contribution in [0.15, 0.2) is 72.8 Å². The van der Waals surface area contributed by atoms with Crippen molar-refractivity contribution in [2.75, 3.05) is 31.6 Å². The third-order valence-electron chi connectivity index (χ3n) is 7.23. The highest BCUT2D eigenvalue weighted by Gasteiger charge is 2.49. The van der Waals surface area contributed by atoms with Crippen LogP contribution < -0.4 is 5.32 Å². The van der Waals surface area contributed by atoms with Crippen molar-refractivity contribution in [1.29, 1.82) is 0 Å². The summed E-state index contributed by atoms with van der Waals surface area (Å²) in [6, 6.07) is 21.2. The minimum Gasteiger partial charge on any atom is -0.395 e. The highest BCUT2D eigenvalue weighted by atomic mass is 19.1. The number of aliphatic hydroxyl groups excluding tert-OH is 1. The van der Waals surface area contributed by atoms with Gasteiger partial charge in [0.15, 0.2) is 0 Å². The molecule has 5 nitrogen and oxygen atoms in total. The van der Waals surface area contributed by atoms with E-state index in [1.54, 1.807) is 4.90 Å². The highest BCUT2D eigenvalue weighted by molar-refractivity contribution is 5.89. The number of aliphatic hydroxyl groups is 1. The zero-order chi connectivity index (χ0) is 24.4. The summed E-state index contributed by atoms with van der Waals surface area (Å²) in [5, 5.41) is 12.7. The van der Waals surface area contributed by atoms with Gasteiger partial charge in [0.25, 0.3) is 0 Å². The van der Waals surface area contributed by atoms with Crippen LogP contribution in [0.5, 0.6) is 0 Å². The molecule has 2 saturated heterocycles. The topological polar surface area (TPSA) is 55.8 Å². The normalized spacial score (nSPS) is 22.5. The predicted octanol–water partition coefficient (Wildman–Crippen LogP) is 5.09. The first-order valence-corrected chi connectivity index (χ1v) is 12.1. The van der Waals surface area contributed by atoms with Crippen molar-refractivity contribution in [2.24, 2.45) is 0 Å². The largest absolute Gasteiger partial charge is 0.395 e. The van der Waals surface area contributed by atoms with E-state index in [0.717, 1.165) is 54.3 Å².